The zero-order chi connectivity index (χ0) is 13.5. The van der Waals surface area contributed by atoms with Crippen LogP contribution in [-0.4, -0.2) is 39.8 Å². The van der Waals surface area contributed by atoms with Gasteiger partial charge in [0.25, 0.3) is 0 Å². The first kappa shape index (κ1) is 14.5. The SMILES string of the molecule is COCCC(N)C(=O)Nc1ccccc1N(C)C. The van der Waals surface area contributed by atoms with E-state index in [-0.39, 0.29) is 5.91 Å². The van der Waals surface area contributed by atoms with Crippen LogP contribution in [-0.2, 0) is 9.53 Å². The van der Waals surface area contributed by atoms with E-state index in [4.69, 9.17) is 10.5 Å². The van der Waals surface area contributed by atoms with Crippen molar-refractivity contribution < 1.29 is 9.53 Å². The van der Waals surface area contributed by atoms with Crippen LogP contribution in [0, 0.1) is 0 Å². The molecular formula is C13H21N3O2. The molecule has 0 saturated carbocycles. The second-order valence-corrected chi connectivity index (χ2v) is 4.29. The third-order valence-corrected chi connectivity index (χ3v) is 2.61. The minimum Gasteiger partial charge on any atom is -0.385 e. The number of ether oxygens (including phenoxy) is 1. The number of carbonyl (C=O) groups is 1. The average Bonchev–Trinajstić information content (AvgIpc) is 2.36. The molecule has 1 unspecified atom stereocenters. The standard InChI is InChI=1S/C13H21N3O2/c1-16(2)12-7-5-4-6-11(12)15-13(17)10(14)8-9-18-3/h4-7,10H,8-9,14H2,1-3H3,(H,15,17). The monoisotopic (exact) mass is 251 g/mol. The van der Waals surface area contributed by atoms with Crippen molar-refractivity contribution in [1.29, 1.82) is 0 Å². The van der Waals surface area contributed by atoms with E-state index in [0.29, 0.717) is 13.0 Å². The van der Waals surface area contributed by atoms with E-state index in [0.717, 1.165) is 11.4 Å². The molecule has 0 fully saturated rings. The normalized spacial score (nSPS) is 12.0. The summed E-state index contributed by atoms with van der Waals surface area (Å²) in [5.74, 6) is -0.193. The number of nitrogens with two attached hydrogens (primary N) is 1. The van der Waals surface area contributed by atoms with Gasteiger partial charge in [-0.1, -0.05) is 12.1 Å². The Kier molecular flexibility index (Phi) is 5.61. The van der Waals surface area contributed by atoms with Gasteiger partial charge in [0, 0.05) is 27.8 Å². The van der Waals surface area contributed by atoms with Crippen molar-refractivity contribution in [2.24, 2.45) is 5.73 Å². The summed E-state index contributed by atoms with van der Waals surface area (Å²) in [6, 6.07) is 7.05. The van der Waals surface area contributed by atoms with Crippen LogP contribution in [0.3, 0.4) is 0 Å². The van der Waals surface area contributed by atoms with Crippen LogP contribution in [0.25, 0.3) is 0 Å². The summed E-state index contributed by atoms with van der Waals surface area (Å²) in [7, 11) is 5.44. The van der Waals surface area contributed by atoms with Gasteiger partial charge in [0.1, 0.15) is 0 Å². The third-order valence-electron chi connectivity index (χ3n) is 2.61. The summed E-state index contributed by atoms with van der Waals surface area (Å²) >= 11 is 0. The van der Waals surface area contributed by atoms with Gasteiger partial charge in [0.15, 0.2) is 0 Å². The van der Waals surface area contributed by atoms with E-state index in [1.165, 1.54) is 0 Å². The van der Waals surface area contributed by atoms with Crippen molar-refractivity contribution in [2.75, 3.05) is 38.0 Å². The minimum absolute atomic E-state index is 0.193. The Labute approximate surface area is 108 Å². The van der Waals surface area contributed by atoms with Crippen LogP contribution in [0.4, 0.5) is 11.4 Å². The zero-order valence-electron chi connectivity index (χ0n) is 11.1. The molecule has 1 aromatic carbocycles. The third kappa shape index (κ3) is 4.01. The van der Waals surface area contributed by atoms with Crippen molar-refractivity contribution >= 4 is 17.3 Å². The highest BCUT2D eigenvalue weighted by molar-refractivity contribution is 5.97. The summed E-state index contributed by atoms with van der Waals surface area (Å²) in [5, 5.41) is 2.84. The highest BCUT2D eigenvalue weighted by atomic mass is 16.5. The van der Waals surface area contributed by atoms with Crippen LogP contribution < -0.4 is 16.0 Å². The predicted octanol–water partition coefficient (Wildman–Crippen LogP) is 1.05. The number of benzene rings is 1. The number of hydrogen-bond acceptors (Lipinski definition) is 4. The average molecular weight is 251 g/mol. The van der Waals surface area contributed by atoms with Gasteiger partial charge in [-0.25, -0.2) is 0 Å². The molecule has 0 saturated heterocycles. The first-order chi connectivity index (χ1) is 8.56. The van der Waals surface area contributed by atoms with Gasteiger partial charge >= 0.3 is 0 Å². The maximum atomic E-state index is 11.9. The van der Waals surface area contributed by atoms with Crippen molar-refractivity contribution in [2.45, 2.75) is 12.5 Å². The van der Waals surface area contributed by atoms with Crippen LogP contribution in [0.2, 0.25) is 0 Å². The second kappa shape index (κ2) is 6.98. The second-order valence-electron chi connectivity index (χ2n) is 4.29. The largest absolute Gasteiger partial charge is 0.385 e. The first-order valence-corrected chi connectivity index (χ1v) is 5.88. The number of carbonyl (C=O) groups excluding carboxylic acids is 1. The van der Waals surface area contributed by atoms with Crippen molar-refractivity contribution in [3.05, 3.63) is 24.3 Å². The van der Waals surface area contributed by atoms with Crippen molar-refractivity contribution in [1.82, 2.24) is 0 Å². The van der Waals surface area contributed by atoms with Gasteiger partial charge in [-0.3, -0.25) is 4.79 Å². The lowest BCUT2D eigenvalue weighted by atomic mass is 10.2. The predicted molar refractivity (Wildman–Crippen MR) is 73.9 cm³/mol. The summed E-state index contributed by atoms with van der Waals surface area (Å²) < 4.78 is 4.91. The quantitative estimate of drug-likeness (QED) is 0.793. The molecule has 0 aromatic heterocycles. The molecule has 18 heavy (non-hydrogen) atoms. The molecule has 0 spiro atoms. The first-order valence-electron chi connectivity index (χ1n) is 5.88. The molecule has 0 heterocycles. The lowest BCUT2D eigenvalue weighted by Gasteiger charge is -2.19. The van der Waals surface area contributed by atoms with Crippen LogP contribution in [0.1, 0.15) is 6.42 Å². The van der Waals surface area contributed by atoms with Crippen LogP contribution >= 0.6 is 0 Å². The number of nitrogens with one attached hydrogen (secondary N) is 1. The number of methoxy groups -OCH3 is 1. The van der Waals surface area contributed by atoms with Crippen LogP contribution in [0.5, 0.6) is 0 Å². The Bertz CT molecular complexity index is 394. The van der Waals surface area contributed by atoms with Gasteiger partial charge in [-0.15, -0.1) is 0 Å². The Morgan fingerprint density at radius 2 is 2.11 bits per heavy atom. The Morgan fingerprint density at radius 1 is 1.44 bits per heavy atom. The molecular weight excluding hydrogens is 230 g/mol. The lowest BCUT2D eigenvalue weighted by Crippen LogP contribution is -2.36. The van der Waals surface area contributed by atoms with Gasteiger partial charge in [-0.05, 0) is 18.6 Å². The summed E-state index contributed by atoms with van der Waals surface area (Å²) in [6.45, 7) is 0.476. The number of hydrogen-bond donors (Lipinski definition) is 2. The highest BCUT2D eigenvalue weighted by Crippen LogP contribution is 2.23. The van der Waals surface area contributed by atoms with E-state index in [2.05, 4.69) is 5.32 Å². The molecule has 1 amide bonds. The lowest BCUT2D eigenvalue weighted by molar-refractivity contribution is -0.117. The van der Waals surface area contributed by atoms with E-state index in [9.17, 15) is 4.79 Å². The molecule has 100 valence electrons. The number of amides is 1. The Balaban J connectivity index is 2.69. The van der Waals surface area contributed by atoms with Crippen molar-refractivity contribution in [3.8, 4) is 0 Å². The summed E-state index contributed by atoms with van der Waals surface area (Å²) in [5.41, 5.74) is 7.48. The smallest absolute Gasteiger partial charge is 0.241 e. The molecule has 0 aliphatic carbocycles. The van der Waals surface area contributed by atoms with Gasteiger partial charge < -0.3 is 20.7 Å². The summed E-state index contributed by atoms with van der Waals surface area (Å²) in [4.78, 5) is 13.8. The van der Waals surface area contributed by atoms with E-state index in [1.54, 1.807) is 7.11 Å². The topological polar surface area (TPSA) is 67.6 Å². The fourth-order valence-corrected chi connectivity index (χ4v) is 1.57. The number of rotatable bonds is 6. The summed E-state index contributed by atoms with van der Waals surface area (Å²) in [6.07, 6.45) is 0.506. The van der Waals surface area contributed by atoms with Gasteiger partial charge in [0.2, 0.25) is 5.91 Å². The molecule has 5 heteroatoms. The molecule has 1 aromatic rings. The Hall–Kier alpha value is -1.59. The molecule has 3 N–H and O–H groups in total. The van der Waals surface area contributed by atoms with Crippen LogP contribution in [0.15, 0.2) is 24.3 Å². The molecule has 0 bridgehead atoms. The molecule has 1 atom stereocenters. The van der Waals surface area contributed by atoms with Crippen molar-refractivity contribution in [3.63, 3.8) is 0 Å². The van der Waals surface area contributed by atoms with E-state index < -0.39 is 6.04 Å². The number of nitrogens with zero attached hydrogens (tertiary/aromatic N) is 1. The number of para-hydroxylation sites is 2. The Morgan fingerprint density at radius 3 is 2.72 bits per heavy atom. The molecule has 1 rings (SSSR count). The maximum Gasteiger partial charge on any atom is 0.241 e. The fraction of sp³-hybridized carbons (Fsp3) is 0.462. The maximum absolute atomic E-state index is 11.9. The molecule has 5 nitrogen and oxygen atoms in total. The minimum atomic E-state index is -0.555. The highest BCUT2D eigenvalue weighted by Gasteiger charge is 2.14. The fourth-order valence-electron chi connectivity index (χ4n) is 1.57. The number of anilines is 2. The van der Waals surface area contributed by atoms with Gasteiger partial charge in [0.05, 0.1) is 17.4 Å². The van der Waals surface area contributed by atoms with E-state index >= 15 is 0 Å². The van der Waals surface area contributed by atoms with E-state index in [1.807, 2.05) is 43.3 Å². The molecule has 0 radical (unpaired) electrons. The molecule has 0 aliphatic rings. The molecule has 0 aliphatic heterocycles. The van der Waals surface area contributed by atoms with Gasteiger partial charge in [-0.2, -0.15) is 0 Å². The zero-order valence-corrected chi connectivity index (χ0v) is 11.1.